The predicted molar refractivity (Wildman–Crippen MR) is 77.9 cm³/mol. The zero-order valence-electron chi connectivity index (χ0n) is 10.8. The minimum absolute atomic E-state index is 0.280. The third-order valence-electron chi connectivity index (χ3n) is 3.11. The van der Waals surface area contributed by atoms with Crippen molar-refractivity contribution < 1.29 is 4.74 Å². The summed E-state index contributed by atoms with van der Waals surface area (Å²) < 4.78 is 5.51. The highest BCUT2D eigenvalue weighted by atomic mass is 32.2. The number of nitrogens with two attached hydrogens (primary N) is 1. The zero-order chi connectivity index (χ0) is 12.8. The van der Waals surface area contributed by atoms with Crippen LogP contribution in [0.25, 0.3) is 0 Å². The Morgan fingerprint density at radius 2 is 2.33 bits per heavy atom. The van der Waals surface area contributed by atoms with E-state index in [4.69, 9.17) is 10.5 Å². The third kappa shape index (κ3) is 4.03. The van der Waals surface area contributed by atoms with Crippen LogP contribution in [0.5, 0.6) is 0 Å². The summed E-state index contributed by atoms with van der Waals surface area (Å²) in [7, 11) is 0. The highest BCUT2D eigenvalue weighted by Gasteiger charge is 2.14. The van der Waals surface area contributed by atoms with E-state index >= 15 is 0 Å². The lowest BCUT2D eigenvalue weighted by Gasteiger charge is -2.07. The standard InChI is InChI=1S/C14H20N2OS/c1-11-5-2-3-6-12(11)10-18-14(15)16-9-13-7-4-8-17-13/h2-3,5-6,13H,4,7-10H2,1H3,(H2,15,16)/t13-/m1/s1. The number of nitrogens with zero attached hydrogens (tertiary/aromatic N) is 1. The lowest BCUT2D eigenvalue weighted by molar-refractivity contribution is 0.118. The van der Waals surface area contributed by atoms with Crippen LogP contribution in [0.4, 0.5) is 0 Å². The number of benzene rings is 1. The van der Waals surface area contributed by atoms with Crippen LogP contribution in [0.3, 0.4) is 0 Å². The molecule has 2 rings (SSSR count). The van der Waals surface area contributed by atoms with E-state index in [1.54, 1.807) is 11.8 Å². The molecular weight excluding hydrogens is 244 g/mol. The molecule has 0 spiro atoms. The average Bonchev–Trinajstić information content (AvgIpc) is 2.88. The molecule has 0 bridgehead atoms. The van der Waals surface area contributed by atoms with Gasteiger partial charge < -0.3 is 10.5 Å². The summed E-state index contributed by atoms with van der Waals surface area (Å²) in [6.07, 6.45) is 2.54. The highest BCUT2D eigenvalue weighted by molar-refractivity contribution is 8.13. The van der Waals surface area contributed by atoms with Crippen LogP contribution in [0.2, 0.25) is 0 Å². The minimum Gasteiger partial charge on any atom is -0.379 e. The number of ether oxygens (including phenoxy) is 1. The van der Waals surface area contributed by atoms with E-state index < -0.39 is 0 Å². The minimum atomic E-state index is 0.280. The van der Waals surface area contributed by atoms with Gasteiger partial charge in [0.05, 0.1) is 12.6 Å². The molecule has 0 unspecified atom stereocenters. The molecule has 1 saturated heterocycles. The Hall–Kier alpha value is -1.00. The largest absolute Gasteiger partial charge is 0.379 e. The van der Waals surface area contributed by atoms with Gasteiger partial charge >= 0.3 is 0 Å². The number of aliphatic imine (C=N–C) groups is 1. The Kier molecular flexibility index (Phi) is 5.08. The second-order valence-electron chi connectivity index (χ2n) is 4.53. The van der Waals surface area contributed by atoms with E-state index in [-0.39, 0.29) is 6.10 Å². The van der Waals surface area contributed by atoms with Crippen molar-refractivity contribution in [2.45, 2.75) is 31.6 Å². The van der Waals surface area contributed by atoms with E-state index in [1.165, 1.54) is 11.1 Å². The molecule has 1 fully saturated rings. The first-order chi connectivity index (χ1) is 8.75. The first-order valence-corrected chi connectivity index (χ1v) is 7.33. The summed E-state index contributed by atoms with van der Waals surface area (Å²) in [5, 5.41) is 0.661. The molecule has 0 aromatic heterocycles. The summed E-state index contributed by atoms with van der Waals surface area (Å²) >= 11 is 1.60. The van der Waals surface area contributed by atoms with Gasteiger partial charge in [-0.1, -0.05) is 36.0 Å². The van der Waals surface area contributed by atoms with E-state index in [2.05, 4.69) is 36.2 Å². The van der Waals surface area contributed by atoms with Gasteiger partial charge in [0.15, 0.2) is 5.17 Å². The maximum atomic E-state index is 5.91. The number of rotatable bonds is 4. The van der Waals surface area contributed by atoms with Crippen LogP contribution in [0, 0.1) is 6.92 Å². The number of hydrogen-bond donors (Lipinski definition) is 1. The van der Waals surface area contributed by atoms with Crippen LogP contribution < -0.4 is 5.73 Å². The van der Waals surface area contributed by atoms with Gasteiger partial charge in [-0.15, -0.1) is 0 Å². The van der Waals surface area contributed by atoms with E-state index in [1.807, 2.05) is 0 Å². The first-order valence-electron chi connectivity index (χ1n) is 6.34. The van der Waals surface area contributed by atoms with E-state index in [0.717, 1.165) is 25.2 Å². The van der Waals surface area contributed by atoms with E-state index in [9.17, 15) is 0 Å². The van der Waals surface area contributed by atoms with Gasteiger partial charge in [-0.3, -0.25) is 4.99 Å². The summed E-state index contributed by atoms with van der Waals surface area (Å²) in [6, 6.07) is 8.37. The second-order valence-corrected chi connectivity index (χ2v) is 5.52. The second kappa shape index (κ2) is 6.81. The molecule has 1 aliphatic rings. The quantitative estimate of drug-likeness (QED) is 0.672. The molecule has 1 heterocycles. The molecule has 1 aliphatic heterocycles. The summed E-state index contributed by atoms with van der Waals surface area (Å²) in [4.78, 5) is 4.38. The molecule has 4 heteroatoms. The Morgan fingerprint density at radius 1 is 1.50 bits per heavy atom. The van der Waals surface area contributed by atoms with Crippen molar-refractivity contribution in [1.29, 1.82) is 0 Å². The third-order valence-corrected chi connectivity index (χ3v) is 3.99. The van der Waals surface area contributed by atoms with Crippen molar-refractivity contribution in [3.8, 4) is 0 Å². The molecule has 0 aliphatic carbocycles. The topological polar surface area (TPSA) is 47.6 Å². The Morgan fingerprint density at radius 3 is 3.06 bits per heavy atom. The zero-order valence-corrected chi connectivity index (χ0v) is 11.6. The van der Waals surface area contributed by atoms with Crippen LogP contribution in [-0.2, 0) is 10.5 Å². The molecule has 2 N–H and O–H groups in total. The predicted octanol–water partition coefficient (Wildman–Crippen LogP) is 2.72. The van der Waals surface area contributed by atoms with Crippen LogP contribution in [0.1, 0.15) is 24.0 Å². The van der Waals surface area contributed by atoms with Gasteiger partial charge in [0, 0.05) is 12.4 Å². The van der Waals surface area contributed by atoms with Crippen molar-refractivity contribution in [3.63, 3.8) is 0 Å². The molecule has 18 heavy (non-hydrogen) atoms. The molecule has 3 nitrogen and oxygen atoms in total. The number of aryl methyl sites for hydroxylation is 1. The van der Waals surface area contributed by atoms with Gasteiger partial charge in [0.2, 0.25) is 0 Å². The number of thioether (sulfide) groups is 1. The molecule has 1 aromatic carbocycles. The molecule has 0 saturated carbocycles. The summed E-state index contributed by atoms with van der Waals surface area (Å²) in [5.74, 6) is 0.882. The maximum absolute atomic E-state index is 5.91. The average molecular weight is 264 g/mol. The smallest absolute Gasteiger partial charge is 0.154 e. The van der Waals surface area contributed by atoms with Gasteiger partial charge in [-0.25, -0.2) is 0 Å². The van der Waals surface area contributed by atoms with Crippen molar-refractivity contribution in [3.05, 3.63) is 35.4 Å². The fraction of sp³-hybridized carbons (Fsp3) is 0.500. The van der Waals surface area contributed by atoms with E-state index in [0.29, 0.717) is 11.7 Å². The molecular formula is C14H20N2OS. The normalized spacial score (nSPS) is 20.3. The number of hydrogen-bond acceptors (Lipinski definition) is 3. The molecule has 0 radical (unpaired) electrons. The van der Waals surface area contributed by atoms with Crippen LogP contribution in [0.15, 0.2) is 29.3 Å². The van der Waals surface area contributed by atoms with Gasteiger partial charge in [0.1, 0.15) is 0 Å². The van der Waals surface area contributed by atoms with Crippen LogP contribution in [-0.4, -0.2) is 24.4 Å². The molecule has 1 atom stereocenters. The Labute approximate surface area is 113 Å². The van der Waals surface area contributed by atoms with Crippen molar-refractivity contribution in [2.75, 3.05) is 13.2 Å². The maximum Gasteiger partial charge on any atom is 0.154 e. The van der Waals surface area contributed by atoms with Crippen molar-refractivity contribution >= 4 is 16.9 Å². The lowest BCUT2D eigenvalue weighted by atomic mass is 10.1. The lowest BCUT2D eigenvalue weighted by Crippen LogP contribution is -2.14. The van der Waals surface area contributed by atoms with Crippen LogP contribution >= 0.6 is 11.8 Å². The Balaban J connectivity index is 1.78. The fourth-order valence-electron chi connectivity index (χ4n) is 1.95. The van der Waals surface area contributed by atoms with Crippen molar-refractivity contribution in [1.82, 2.24) is 0 Å². The molecule has 98 valence electrons. The number of amidine groups is 1. The van der Waals surface area contributed by atoms with Gasteiger partial charge in [-0.2, -0.15) is 0 Å². The Bertz CT molecular complexity index is 414. The summed E-state index contributed by atoms with van der Waals surface area (Å²) in [6.45, 7) is 3.69. The molecule has 1 aromatic rings. The van der Waals surface area contributed by atoms with Crippen molar-refractivity contribution in [2.24, 2.45) is 10.7 Å². The summed E-state index contributed by atoms with van der Waals surface area (Å²) in [5.41, 5.74) is 8.53. The van der Waals surface area contributed by atoms with Gasteiger partial charge in [-0.05, 0) is 30.9 Å². The van der Waals surface area contributed by atoms with Gasteiger partial charge in [0.25, 0.3) is 0 Å². The molecule has 0 amide bonds. The SMILES string of the molecule is Cc1ccccc1CSC(N)=NC[C@H]1CCCO1. The fourth-order valence-corrected chi connectivity index (χ4v) is 2.74. The highest BCUT2D eigenvalue weighted by Crippen LogP contribution is 2.17. The monoisotopic (exact) mass is 264 g/mol. The first kappa shape index (κ1) is 13.4.